The molecule has 0 saturated carbocycles. The van der Waals surface area contributed by atoms with Crippen LogP contribution in [0.2, 0.25) is 0 Å². The van der Waals surface area contributed by atoms with E-state index >= 15 is 0 Å². The molecule has 2 aromatic carbocycles. The zero-order valence-electron chi connectivity index (χ0n) is 22.3. The molecule has 198 valence electrons. The second kappa shape index (κ2) is 10.4. The summed E-state index contributed by atoms with van der Waals surface area (Å²) in [5.74, 6) is 0.721. The first-order chi connectivity index (χ1) is 17.8. The molecule has 0 atom stereocenters. The third-order valence-corrected chi connectivity index (χ3v) is 8.10. The zero-order valence-corrected chi connectivity index (χ0v) is 22.3. The highest BCUT2D eigenvalue weighted by Crippen LogP contribution is 2.38. The van der Waals surface area contributed by atoms with Crippen LogP contribution in [0.15, 0.2) is 47.6 Å². The lowest BCUT2D eigenvalue weighted by molar-refractivity contribution is -0.156. The Morgan fingerprint density at radius 2 is 1.84 bits per heavy atom. The molecule has 2 saturated heterocycles. The molecular formula is C30H38FN3O3. The quantitative estimate of drug-likeness (QED) is 0.470. The molecular weight excluding hydrogens is 469 g/mol. The van der Waals surface area contributed by atoms with E-state index in [9.17, 15) is 9.18 Å². The van der Waals surface area contributed by atoms with Crippen LogP contribution < -0.4 is 0 Å². The summed E-state index contributed by atoms with van der Waals surface area (Å²) in [5.41, 5.74) is 4.21. The number of esters is 1. The highest BCUT2D eigenvalue weighted by Gasteiger charge is 2.51. The molecule has 3 aliphatic rings. The molecule has 0 N–H and O–H groups in total. The minimum absolute atomic E-state index is 0.0850. The number of carbonyl (C=O) groups is 1. The number of amidine groups is 1. The standard InChI is InChI=1S/C30H38FN3O3/c1-4-6-24-17-22(7-12-26(24)23-8-10-25(31)11-9-23)19-33-20-30(21-33)18-27(32-37-30)34-15-13-29(3,14-16-34)28(35)36-5-2/h7-12,17H,4-6,13-16,18-21H2,1-3H3. The summed E-state index contributed by atoms with van der Waals surface area (Å²) in [6, 6.07) is 13.4. The molecule has 37 heavy (non-hydrogen) atoms. The zero-order chi connectivity index (χ0) is 26.0. The maximum Gasteiger partial charge on any atom is 0.311 e. The summed E-state index contributed by atoms with van der Waals surface area (Å²) in [5, 5.41) is 4.47. The molecule has 2 aromatic rings. The number of hydrogen-bond donors (Lipinski definition) is 0. The van der Waals surface area contributed by atoms with Crippen LogP contribution in [0.1, 0.15) is 57.6 Å². The van der Waals surface area contributed by atoms with E-state index < -0.39 is 5.41 Å². The normalized spacial score (nSPS) is 20.3. The second-order valence-corrected chi connectivity index (χ2v) is 11.1. The van der Waals surface area contributed by atoms with Gasteiger partial charge < -0.3 is 14.5 Å². The van der Waals surface area contributed by atoms with Crippen molar-refractivity contribution in [3.8, 4) is 11.1 Å². The fourth-order valence-electron chi connectivity index (χ4n) is 5.88. The molecule has 6 nitrogen and oxygen atoms in total. The van der Waals surface area contributed by atoms with Gasteiger partial charge in [0.1, 0.15) is 11.7 Å². The van der Waals surface area contributed by atoms with Gasteiger partial charge in [0.25, 0.3) is 0 Å². The van der Waals surface area contributed by atoms with Crippen molar-refractivity contribution in [2.45, 2.75) is 65.0 Å². The van der Waals surface area contributed by atoms with Crippen molar-refractivity contribution in [2.24, 2.45) is 10.6 Å². The third-order valence-electron chi connectivity index (χ3n) is 8.10. The number of nitrogens with zero attached hydrogens (tertiary/aromatic N) is 3. The lowest BCUT2D eigenvalue weighted by Gasteiger charge is -2.46. The van der Waals surface area contributed by atoms with Crippen molar-refractivity contribution in [3.63, 3.8) is 0 Å². The van der Waals surface area contributed by atoms with Gasteiger partial charge in [-0.05, 0) is 67.5 Å². The molecule has 2 fully saturated rings. The van der Waals surface area contributed by atoms with Crippen LogP contribution in [0.25, 0.3) is 11.1 Å². The van der Waals surface area contributed by atoms with Gasteiger partial charge in [-0.15, -0.1) is 0 Å². The number of piperidine rings is 1. The number of aryl methyl sites for hydroxylation is 1. The molecule has 0 radical (unpaired) electrons. The lowest BCUT2D eigenvalue weighted by Crippen LogP contribution is -2.61. The largest absolute Gasteiger partial charge is 0.466 e. The SMILES string of the molecule is CCCc1cc(CN2CC3(CC(N4CCC(C)(C(=O)OCC)CC4)=NO3)C2)ccc1-c1ccc(F)cc1. The fourth-order valence-corrected chi connectivity index (χ4v) is 5.88. The van der Waals surface area contributed by atoms with E-state index in [4.69, 9.17) is 9.57 Å². The summed E-state index contributed by atoms with van der Waals surface area (Å²) < 4.78 is 18.7. The van der Waals surface area contributed by atoms with E-state index in [0.717, 1.165) is 76.2 Å². The van der Waals surface area contributed by atoms with E-state index in [0.29, 0.717) is 6.61 Å². The number of oxime groups is 1. The molecule has 0 bridgehead atoms. The first kappa shape index (κ1) is 25.7. The summed E-state index contributed by atoms with van der Waals surface area (Å²) >= 11 is 0. The molecule has 0 aromatic heterocycles. The molecule has 3 heterocycles. The van der Waals surface area contributed by atoms with Gasteiger partial charge in [-0.2, -0.15) is 0 Å². The number of carbonyl (C=O) groups excluding carboxylic acids is 1. The number of halogens is 1. The van der Waals surface area contributed by atoms with Gasteiger partial charge in [-0.1, -0.05) is 48.8 Å². The highest BCUT2D eigenvalue weighted by molar-refractivity contribution is 5.85. The minimum atomic E-state index is -0.402. The predicted octanol–water partition coefficient (Wildman–Crippen LogP) is 5.40. The third kappa shape index (κ3) is 5.37. The fraction of sp³-hybridized carbons (Fsp3) is 0.533. The number of rotatable bonds is 7. The maximum atomic E-state index is 13.4. The Morgan fingerprint density at radius 3 is 2.51 bits per heavy atom. The van der Waals surface area contributed by atoms with E-state index in [1.807, 2.05) is 26.0 Å². The van der Waals surface area contributed by atoms with Gasteiger partial charge >= 0.3 is 5.97 Å². The molecule has 5 rings (SSSR count). The van der Waals surface area contributed by atoms with Crippen molar-refractivity contribution in [1.29, 1.82) is 0 Å². The second-order valence-electron chi connectivity index (χ2n) is 11.1. The van der Waals surface area contributed by atoms with Crippen molar-refractivity contribution in [2.75, 3.05) is 32.8 Å². The minimum Gasteiger partial charge on any atom is -0.466 e. The van der Waals surface area contributed by atoms with Crippen LogP contribution in [-0.4, -0.2) is 60.0 Å². The van der Waals surface area contributed by atoms with E-state index in [1.165, 1.54) is 28.8 Å². The van der Waals surface area contributed by atoms with Gasteiger partial charge in [0, 0.05) is 32.7 Å². The Bertz CT molecular complexity index is 1150. The summed E-state index contributed by atoms with van der Waals surface area (Å²) in [6.07, 6.45) is 4.43. The van der Waals surface area contributed by atoms with Crippen LogP contribution in [0.3, 0.4) is 0 Å². The number of benzene rings is 2. The van der Waals surface area contributed by atoms with Crippen LogP contribution in [0.5, 0.6) is 0 Å². The number of likely N-dealkylation sites (tertiary alicyclic amines) is 2. The van der Waals surface area contributed by atoms with Crippen LogP contribution in [0, 0.1) is 11.2 Å². The summed E-state index contributed by atoms with van der Waals surface area (Å²) in [6.45, 7) is 10.7. The van der Waals surface area contributed by atoms with E-state index in [2.05, 4.69) is 40.1 Å². The summed E-state index contributed by atoms with van der Waals surface area (Å²) in [4.78, 5) is 23.0. The van der Waals surface area contributed by atoms with Gasteiger partial charge in [0.15, 0.2) is 5.60 Å². The Hall–Kier alpha value is -2.93. The number of hydrogen-bond acceptors (Lipinski definition) is 6. The molecule has 1 spiro atoms. The van der Waals surface area contributed by atoms with Crippen LogP contribution >= 0.6 is 0 Å². The first-order valence-electron chi connectivity index (χ1n) is 13.6. The lowest BCUT2D eigenvalue weighted by atomic mass is 9.80. The van der Waals surface area contributed by atoms with Crippen LogP contribution in [-0.2, 0) is 27.3 Å². The summed E-state index contributed by atoms with van der Waals surface area (Å²) in [7, 11) is 0. The Balaban J connectivity index is 1.15. The van der Waals surface area contributed by atoms with Crippen molar-refractivity contribution < 1.29 is 18.8 Å². The molecule has 0 amide bonds. The number of ether oxygens (including phenoxy) is 1. The smallest absolute Gasteiger partial charge is 0.311 e. The molecule has 7 heteroatoms. The van der Waals surface area contributed by atoms with E-state index in [-0.39, 0.29) is 17.4 Å². The Labute approximate surface area is 219 Å². The van der Waals surface area contributed by atoms with Crippen molar-refractivity contribution >= 4 is 11.8 Å². The first-order valence-corrected chi connectivity index (χ1v) is 13.6. The average molecular weight is 508 g/mol. The maximum absolute atomic E-state index is 13.4. The topological polar surface area (TPSA) is 54.4 Å². The highest BCUT2D eigenvalue weighted by atomic mass is 19.1. The van der Waals surface area contributed by atoms with Gasteiger partial charge in [-0.25, -0.2) is 4.39 Å². The van der Waals surface area contributed by atoms with Gasteiger partial charge in [0.2, 0.25) is 0 Å². The predicted molar refractivity (Wildman–Crippen MR) is 143 cm³/mol. The Morgan fingerprint density at radius 1 is 1.11 bits per heavy atom. The van der Waals surface area contributed by atoms with Crippen LogP contribution in [0.4, 0.5) is 4.39 Å². The van der Waals surface area contributed by atoms with E-state index in [1.54, 1.807) is 0 Å². The monoisotopic (exact) mass is 507 g/mol. The molecule has 3 aliphatic heterocycles. The average Bonchev–Trinajstić information content (AvgIpc) is 3.31. The van der Waals surface area contributed by atoms with Crippen molar-refractivity contribution in [1.82, 2.24) is 9.80 Å². The van der Waals surface area contributed by atoms with Gasteiger partial charge in [0.05, 0.1) is 18.4 Å². The molecule has 0 unspecified atom stereocenters. The molecule has 0 aliphatic carbocycles. The van der Waals surface area contributed by atoms with Crippen molar-refractivity contribution in [3.05, 3.63) is 59.4 Å². The van der Waals surface area contributed by atoms with Gasteiger partial charge in [-0.3, -0.25) is 9.69 Å². The Kier molecular flexibility index (Phi) is 7.26.